The summed E-state index contributed by atoms with van der Waals surface area (Å²) in [7, 11) is 0. The van der Waals surface area contributed by atoms with E-state index in [0.29, 0.717) is 5.92 Å². The molecule has 0 bridgehead atoms. The third kappa shape index (κ3) is 1.87. The van der Waals surface area contributed by atoms with Crippen LogP contribution in [0.1, 0.15) is 28.2 Å². The van der Waals surface area contributed by atoms with Crippen molar-refractivity contribution >= 4 is 0 Å². The van der Waals surface area contributed by atoms with Crippen molar-refractivity contribution < 1.29 is 0 Å². The maximum Gasteiger partial charge on any atom is 0.000452 e. The first-order valence-corrected chi connectivity index (χ1v) is 6.23. The highest BCUT2D eigenvalue weighted by molar-refractivity contribution is 5.42. The van der Waals surface area contributed by atoms with Crippen LogP contribution in [0.25, 0.3) is 0 Å². The fourth-order valence-electron chi connectivity index (χ4n) is 2.81. The highest BCUT2D eigenvalue weighted by atomic mass is 14.5. The number of hydrogen-bond acceptors (Lipinski definition) is 1. The summed E-state index contributed by atoms with van der Waals surface area (Å²) in [6, 6.07) is 17.5. The zero-order valence-electron chi connectivity index (χ0n) is 9.89. The van der Waals surface area contributed by atoms with E-state index in [9.17, 15) is 0 Å². The summed E-state index contributed by atoms with van der Waals surface area (Å²) in [5, 5.41) is 0. The first-order valence-electron chi connectivity index (χ1n) is 6.23. The van der Waals surface area contributed by atoms with Crippen LogP contribution in [0.15, 0.2) is 48.5 Å². The molecule has 1 aliphatic carbocycles. The van der Waals surface area contributed by atoms with Gasteiger partial charge in [-0.15, -0.1) is 0 Å². The van der Waals surface area contributed by atoms with E-state index in [2.05, 4.69) is 48.5 Å². The molecule has 1 nitrogen and oxygen atoms in total. The largest absolute Gasteiger partial charge is 0.330 e. The van der Waals surface area contributed by atoms with Gasteiger partial charge in [-0.05, 0) is 41.6 Å². The van der Waals surface area contributed by atoms with Crippen LogP contribution in [0.3, 0.4) is 0 Å². The summed E-state index contributed by atoms with van der Waals surface area (Å²) >= 11 is 0. The fourth-order valence-corrected chi connectivity index (χ4v) is 2.81. The molecule has 2 N–H and O–H groups in total. The first kappa shape index (κ1) is 10.5. The lowest BCUT2D eigenvalue weighted by Crippen LogP contribution is -2.15. The Morgan fingerprint density at radius 1 is 0.882 bits per heavy atom. The second-order valence-corrected chi connectivity index (χ2v) is 4.78. The molecule has 0 heterocycles. The molecule has 3 rings (SSSR count). The number of fused-ring (bicyclic) bond motifs is 2. The molecule has 0 saturated heterocycles. The van der Waals surface area contributed by atoms with Crippen molar-refractivity contribution in [3.8, 4) is 0 Å². The quantitative estimate of drug-likeness (QED) is 0.790. The summed E-state index contributed by atoms with van der Waals surface area (Å²) in [4.78, 5) is 0. The average Bonchev–Trinajstić information content (AvgIpc) is 2.54. The summed E-state index contributed by atoms with van der Waals surface area (Å²) in [6.07, 6.45) is 2.12. The van der Waals surface area contributed by atoms with Gasteiger partial charge >= 0.3 is 0 Å². The molecule has 0 unspecified atom stereocenters. The van der Waals surface area contributed by atoms with Crippen LogP contribution in [-0.2, 0) is 12.8 Å². The Bertz CT molecular complexity index is 531. The van der Waals surface area contributed by atoms with Gasteiger partial charge in [0.15, 0.2) is 0 Å². The van der Waals surface area contributed by atoms with Gasteiger partial charge in [-0.3, -0.25) is 0 Å². The Balaban J connectivity index is 2.13. The number of rotatable bonds is 1. The Kier molecular flexibility index (Phi) is 2.69. The van der Waals surface area contributed by atoms with Gasteiger partial charge in [0.05, 0.1) is 0 Å². The standard InChI is InChI=1S/C16H17N/c17-11-15-10-13-6-2-1-5-12(13)9-14-7-3-4-8-16(14)15/h1-8,15H,9-11,17H2/t15-/m1/s1. The predicted octanol–water partition coefficient (Wildman–Crippen LogP) is 2.88. The predicted molar refractivity (Wildman–Crippen MR) is 71.2 cm³/mol. The Morgan fingerprint density at radius 2 is 1.53 bits per heavy atom. The normalized spacial score (nSPS) is 18.1. The third-order valence-electron chi connectivity index (χ3n) is 3.75. The third-order valence-corrected chi connectivity index (χ3v) is 3.75. The number of nitrogens with two attached hydrogens (primary N) is 1. The van der Waals surface area contributed by atoms with Crippen molar-refractivity contribution in [3.63, 3.8) is 0 Å². The summed E-state index contributed by atoms with van der Waals surface area (Å²) < 4.78 is 0. The molecule has 0 aromatic heterocycles. The van der Waals surface area contributed by atoms with Gasteiger partial charge in [-0.2, -0.15) is 0 Å². The molecule has 0 saturated carbocycles. The molecule has 0 fully saturated rings. The Labute approximate surface area is 102 Å². The number of hydrogen-bond donors (Lipinski definition) is 1. The van der Waals surface area contributed by atoms with Crippen molar-refractivity contribution in [2.24, 2.45) is 5.73 Å². The van der Waals surface area contributed by atoms with Crippen LogP contribution < -0.4 is 5.73 Å². The SMILES string of the molecule is NC[C@H]1Cc2ccccc2Cc2ccccc21. The molecule has 0 spiro atoms. The van der Waals surface area contributed by atoms with Crippen LogP contribution >= 0.6 is 0 Å². The van der Waals surface area contributed by atoms with Gasteiger partial charge in [-0.25, -0.2) is 0 Å². The zero-order chi connectivity index (χ0) is 11.7. The van der Waals surface area contributed by atoms with Crippen LogP contribution in [0, 0.1) is 0 Å². The van der Waals surface area contributed by atoms with Gasteiger partial charge in [0, 0.05) is 5.92 Å². The van der Waals surface area contributed by atoms with Crippen molar-refractivity contribution in [1.82, 2.24) is 0 Å². The Hall–Kier alpha value is -1.60. The molecular weight excluding hydrogens is 206 g/mol. The second-order valence-electron chi connectivity index (χ2n) is 4.78. The molecule has 2 aromatic carbocycles. The van der Waals surface area contributed by atoms with Gasteiger partial charge in [0.25, 0.3) is 0 Å². The van der Waals surface area contributed by atoms with E-state index in [0.717, 1.165) is 19.4 Å². The minimum absolute atomic E-state index is 0.467. The summed E-state index contributed by atoms with van der Waals surface area (Å²) in [6.45, 7) is 0.728. The highest BCUT2D eigenvalue weighted by Gasteiger charge is 2.19. The molecule has 86 valence electrons. The Morgan fingerprint density at radius 3 is 2.29 bits per heavy atom. The lowest BCUT2D eigenvalue weighted by atomic mass is 9.92. The van der Waals surface area contributed by atoms with Crippen LogP contribution in [-0.4, -0.2) is 6.54 Å². The summed E-state index contributed by atoms with van der Waals surface area (Å²) in [5.41, 5.74) is 11.7. The second kappa shape index (κ2) is 4.34. The molecule has 0 radical (unpaired) electrons. The summed E-state index contributed by atoms with van der Waals surface area (Å²) in [5.74, 6) is 0.467. The zero-order valence-corrected chi connectivity index (χ0v) is 9.89. The lowest BCUT2D eigenvalue weighted by molar-refractivity contribution is 0.696. The minimum Gasteiger partial charge on any atom is -0.330 e. The maximum absolute atomic E-state index is 5.94. The smallest absolute Gasteiger partial charge is 0.000452 e. The van der Waals surface area contributed by atoms with Gasteiger partial charge < -0.3 is 5.73 Å². The van der Waals surface area contributed by atoms with Crippen LogP contribution in [0.5, 0.6) is 0 Å². The van der Waals surface area contributed by atoms with Crippen molar-refractivity contribution in [1.29, 1.82) is 0 Å². The van der Waals surface area contributed by atoms with Crippen LogP contribution in [0.4, 0.5) is 0 Å². The van der Waals surface area contributed by atoms with Crippen LogP contribution in [0.2, 0.25) is 0 Å². The van der Waals surface area contributed by atoms with Gasteiger partial charge in [-0.1, -0.05) is 48.5 Å². The van der Waals surface area contributed by atoms with Crippen molar-refractivity contribution in [2.45, 2.75) is 18.8 Å². The minimum atomic E-state index is 0.467. The van der Waals surface area contributed by atoms with E-state index in [-0.39, 0.29) is 0 Å². The molecule has 1 aliphatic rings. The van der Waals surface area contributed by atoms with E-state index in [4.69, 9.17) is 5.73 Å². The topological polar surface area (TPSA) is 26.0 Å². The molecule has 0 aliphatic heterocycles. The molecule has 1 heteroatoms. The lowest BCUT2D eigenvalue weighted by Gasteiger charge is -2.15. The highest BCUT2D eigenvalue weighted by Crippen LogP contribution is 2.31. The first-order chi connectivity index (χ1) is 8.38. The van der Waals surface area contributed by atoms with E-state index in [1.165, 1.54) is 22.3 Å². The van der Waals surface area contributed by atoms with Gasteiger partial charge in [0.1, 0.15) is 0 Å². The molecular formula is C16H17N. The maximum atomic E-state index is 5.94. The van der Waals surface area contributed by atoms with Gasteiger partial charge in [0.2, 0.25) is 0 Å². The molecule has 17 heavy (non-hydrogen) atoms. The average molecular weight is 223 g/mol. The number of benzene rings is 2. The fraction of sp³-hybridized carbons (Fsp3) is 0.250. The van der Waals surface area contributed by atoms with E-state index < -0.39 is 0 Å². The molecule has 0 amide bonds. The molecule has 2 aromatic rings. The van der Waals surface area contributed by atoms with E-state index in [1.54, 1.807) is 0 Å². The van der Waals surface area contributed by atoms with E-state index in [1.807, 2.05) is 0 Å². The van der Waals surface area contributed by atoms with Crippen molar-refractivity contribution in [2.75, 3.05) is 6.54 Å². The van der Waals surface area contributed by atoms with E-state index >= 15 is 0 Å². The van der Waals surface area contributed by atoms with Crippen molar-refractivity contribution in [3.05, 3.63) is 70.8 Å². The molecule has 1 atom stereocenters. The monoisotopic (exact) mass is 223 g/mol.